The second-order valence-electron chi connectivity index (χ2n) is 18.3. The Kier molecular flexibility index (Phi) is 9.13. The lowest BCUT2D eigenvalue weighted by Gasteiger charge is -2.36. The van der Waals surface area contributed by atoms with Crippen molar-refractivity contribution in [3.05, 3.63) is 230 Å². The standard InChI is InChI=1S/C64H46N2/c1-4-18-42(19-5-1)46-24-16-25-49(38-46)58-41-59(66-63(65-58)45-20-6-2-7-21-45)62-53-28-12-10-26-51(53)60(52-27-11-13-29-54(52)62)44-34-32-43(33-35-44)50-30-17-31-56-61(50)55-39-47-22-8-9-23-48(47)40-57(55)64(56)36-14-3-15-37-64/h1-2,4-13,16-35,38-41H,3,14-15,36-37H2. The van der Waals surface area contributed by atoms with Gasteiger partial charge in [0.1, 0.15) is 0 Å². The van der Waals surface area contributed by atoms with Crippen molar-refractivity contribution in [1.82, 2.24) is 9.97 Å². The molecule has 2 heteroatoms. The Hall–Kier alpha value is -7.94. The highest BCUT2D eigenvalue weighted by Crippen LogP contribution is 2.59. The molecule has 2 aliphatic rings. The van der Waals surface area contributed by atoms with Crippen molar-refractivity contribution in [1.29, 1.82) is 0 Å². The van der Waals surface area contributed by atoms with Gasteiger partial charge in [-0.1, -0.05) is 213 Å². The summed E-state index contributed by atoms with van der Waals surface area (Å²) in [7, 11) is 0. The van der Waals surface area contributed by atoms with Crippen LogP contribution in [0, 0.1) is 0 Å². The summed E-state index contributed by atoms with van der Waals surface area (Å²) < 4.78 is 0. The Morgan fingerprint density at radius 2 is 0.848 bits per heavy atom. The molecule has 10 aromatic carbocycles. The van der Waals surface area contributed by atoms with Crippen LogP contribution in [-0.2, 0) is 5.41 Å². The quantitative estimate of drug-likeness (QED) is 0.156. The molecule has 0 atom stereocenters. The van der Waals surface area contributed by atoms with E-state index in [1.54, 1.807) is 0 Å². The highest BCUT2D eigenvalue weighted by Gasteiger charge is 2.44. The molecule has 0 radical (unpaired) electrons. The highest BCUT2D eigenvalue weighted by atomic mass is 14.9. The van der Waals surface area contributed by atoms with Crippen LogP contribution >= 0.6 is 0 Å². The van der Waals surface area contributed by atoms with Crippen molar-refractivity contribution in [2.24, 2.45) is 0 Å². The second kappa shape index (κ2) is 15.6. The van der Waals surface area contributed by atoms with Crippen LogP contribution in [0.15, 0.2) is 218 Å². The van der Waals surface area contributed by atoms with Crippen molar-refractivity contribution >= 4 is 32.3 Å². The van der Waals surface area contributed by atoms with Gasteiger partial charge in [0.15, 0.2) is 5.82 Å². The number of benzene rings is 10. The third kappa shape index (κ3) is 6.24. The van der Waals surface area contributed by atoms with Crippen LogP contribution in [-0.4, -0.2) is 9.97 Å². The largest absolute Gasteiger partial charge is 0.228 e. The molecule has 0 bridgehead atoms. The Morgan fingerprint density at radius 3 is 1.55 bits per heavy atom. The number of nitrogens with zero attached hydrogens (tertiary/aromatic N) is 2. The summed E-state index contributed by atoms with van der Waals surface area (Å²) in [6, 6.07) is 80.0. The van der Waals surface area contributed by atoms with Crippen LogP contribution in [0.5, 0.6) is 0 Å². The van der Waals surface area contributed by atoms with Gasteiger partial charge in [-0.05, 0) is 125 Å². The van der Waals surface area contributed by atoms with Gasteiger partial charge in [-0.2, -0.15) is 0 Å². The molecule has 1 fully saturated rings. The molecule has 0 unspecified atom stereocenters. The van der Waals surface area contributed by atoms with Gasteiger partial charge in [0.25, 0.3) is 0 Å². The zero-order valence-electron chi connectivity index (χ0n) is 36.7. The third-order valence-corrected chi connectivity index (χ3v) is 14.7. The number of hydrogen-bond donors (Lipinski definition) is 0. The molecular weight excluding hydrogens is 797 g/mol. The predicted molar refractivity (Wildman–Crippen MR) is 276 cm³/mol. The molecule has 1 saturated carbocycles. The van der Waals surface area contributed by atoms with E-state index in [0.717, 1.165) is 33.6 Å². The van der Waals surface area contributed by atoms with E-state index < -0.39 is 0 Å². The van der Waals surface area contributed by atoms with Crippen molar-refractivity contribution < 1.29 is 0 Å². The molecule has 13 rings (SSSR count). The van der Waals surface area contributed by atoms with Crippen molar-refractivity contribution in [2.75, 3.05) is 0 Å². The zero-order chi connectivity index (χ0) is 43.6. The minimum absolute atomic E-state index is 0.0843. The third-order valence-electron chi connectivity index (χ3n) is 14.7. The van der Waals surface area contributed by atoms with Crippen LogP contribution in [0.4, 0.5) is 0 Å². The maximum absolute atomic E-state index is 5.41. The Morgan fingerprint density at radius 1 is 0.303 bits per heavy atom. The average molecular weight is 843 g/mol. The molecule has 0 N–H and O–H groups in total. The molecule has 11 aromatic rings. The fourth-order valence-electron chi connectivity index (χ4n) is 11.6. The van der Waals surface area contributed by atoms with Crippen LogP contribution in [0.1, 0.15) is 43.2 Å². The van der Waals surface area contributed by atoms with E-state index in [-0.39, 0.29) is 5.41 Å². The monoisotopic (exact) mass is 842 g/mol. The smallest absolute Gasteiger partial charge is 0.160 e. The topological polar surface area (TPSA) is 25.8 Å². The Labute approximate surface area is 385 Å². The second-order valence-corrected chi connectivity index (χ2v) is 18.3. The first-order chi connectivity index (χ1) is 32.7. The van der Waals surface area contributed by atoms with E-state index in [9.17, 15) is 0 Å². The van der Waals surface area contributed by atoms with Gasteiger partial charge >= 0.3 is 0 Å². The summed E-state index contributed by atoms with van der Waals surface area (Å²) in [5, 5.41) is 7.39. The maximum Gasteiger partial charge on any atom is 0.160 e. The first-order valence-electron chi connectivity index (χ1n) is 23.5. The van der Waals surface area contributed by atoms with Crippen LogP contribution < -0.4 is 0 Å². The van der Waals surface area contributed by atoms with Gasteiger partial charge in [0.2, 0.25) is 0 Å². The van der Waals surface area contributed by atoms with E-state index >= 15 is 0 Å². The number of hydrogen-bond acceptors (Lipinski definition) is 2. The summed E-state index contributed by atoms with van der Waals surface area (Å²) >= 11 is 0. The Balaban J connectivity index is 0.970. The summed E-state index contributed by atoms with van der Waals surface area (Å²) in [6.45, 7) is 0. The molecular formula is C64H46N2. The van der Waals surface area contributed by atoms with E-state index in [1.807, 2.05) is 6.07 Å². The average Bonchev–Trinajstić information content (AvgIpc) is 3.64. The van der Waals surface area contributed by atoms with E-state index in [4.69, 9.17) is 9.97 Å². The first-order valence-corrected chi connectivity index (χ1v) is 23.5. The maximum atomic E-state index is 5.41. The zero-order valence-corrected chi connectivity index (χ0v) is 36.7. The SMILES string of the molecule is c1ccc(-c2cccc(-c3cc(-c4c5ccccc5c(-c5ccc(-c6cccc7c6-c6cc8ccccc8cc6C76CCCCC6)cc5)c5ccccc45)nc(-c4ccccc4)n3)c2)cc1. The molecule has 2 aliphatic carbocycles. The summed E-state index contributed by atoms with van der Waals surface area (Å²) in [4.78, 5) is 10.7. The van der Waals surface area contributed by atoms with E-state index in [2.05, 4.69) is 212 Å². The van der Waals surface area contributed by atoms with Crippen LogP contribution in [0.25, 0.3) is 111 Å². The normalized spacial score (nSPS) is 13.9. The summed E-state index contributed by atoms with van der Waals surface area (Å²) in [5.74, 6) is 0.707. The van der Waals surface area contributed by atoms with Crippen LogP contribution in [0.3, 0.4) is 0 Å². The molecule has 0 aliphatic heterocycles. The first kappa shape index (κ1) is 38.5. The fourth-order valence-corrected chi connectivity index (χ4v) is 11.6. The molecule has 312 valence electrons. The lowest BCUT2D eigenvalue weighted by Crippen LogP contribution is -2.28. The van der Waals surface area contributed by atoms with Crippen molar-refractivity contribution in [2.45, 2.75) is 37.5 Å². The summed E-state index contributed by atoms with van der Waals surface area (Å²) in [6.07, 6.45) is 6.31. The molecule has 0 amide bonds. The fraction of sp³-hybridized carbons (Fsp3) is 0.0938. The van der Waals surface area contributed by atoms with Gasteiger partial charge in [0, 0.05) is 22.1 Å². The minimum atomic E-state index is 0.0843. The van der Waals surface area contributed by atoms with Gasteiger partial charge in [-0.3, -0.25) is 0 Å². The van der Waals surface area contributed by atoms with Crippen LogP contribution in [0.2, 0.25) is 0 Å². The number of fused-ring (bicyclic) bond motifs is 8. The lowest BCUT2D eigenvalue weighted by molar-refractivity contribution is 0.353. The highest BCUT2D eigenvalue weighted by molar-refractivity contribution is 6.21. The van der Waals surface area contributed by atoms with Gasteiger partial charge in [0.05, 0.1) is 11.4 Å². The van der Waals surface area contributed by atoms with Gasteiger partial charge < -0.3 is 0 Å². The molecule has 66 heavy (non-hydrogen) atoms. The predicted octanol–water partition coefficient (Wildman–Crippen LogP) is 17.2. The van der Waals surface area contributed by atoms with Gasteiger partial charge in [-0.25, -0.2) is 9.97 Å². The van der Waals surface area contributed by atoms with E-state index in [1.165, 1.54) is 114 Å². The molecule has 0 saturated heterocycles. The molecule has 1 heterocycles. The number of aromatic nitrogens is 2. The molecule has 1 spiro atoms. The molecule has 1 aromatic heterocycles. The van der Waals surface area contributed by atoms with Crippen molar-refractivity contribution in [3.8, 4) is 78.4 Å². The lowest BCUT2D eigenvalue weighted by atomic mass is 9.67. The van der Waals surface area contributed by atoms with Gasteiger partial charge in [-0.15, -0.1) is 0 Å². The van der Waals surface area contributed by atoms with Crippen molar-refractivity contribution in [3.63, 3.8) is 0 Å². The summed E-state index contributed by atoms with van der Waals surface area (Å²) in [5.41, 5.74) is 18.3. The van der Waals surface area contributed by atoms with E-state index in [0.29, 0.717) is 5.82 Å². The minimum Gasteiger partial charge on any atom is -0.228 e. The number of rotatable bonds is 6. The molecule has 2 nitrogen and oxygen atoms in total. The Bertz CT molecular complexity index is 3600.